The molecule has 3 N–H and O–H groups in total. The van der Waals surface area contributed by atoms with Crippen LogP contribution in [0.1, 0.15) is 330 Å². The Morgan fingerprint density at radius 2 is 0.541 bits per heavy atom. The number of carbonyl (C=O) groups excluding carboxylic acids is 4. The number of ether oxygens (including phenoxy) is 4. The molecule has 0 fully saturated rings. The maximum Gasteiger partial charge on any atom is 0.472 e. The van der Waals surface area contributed by atoms with Gasteiger partial charge in [0.1, 0.15) is 19.3 Å². The highest BCUT2D eigenvalue weighted by molar-refractivity contribution is 7.47. The van der Waals surface area contributed by atoms with Gasteiger partial charge in [0, 0.05) is 25.7 Å². The summed E-state index contributed by atoms with van der Waals surface area (Å²) in [6, 6.07) is 0. The van der Waals surface area contributed by atoms with E-state index in [0.717, 1.165) is 95.8 Å². The fourth-order valence-electron chi connectivity index (χ4n) is 9.88. The molecule has 0 spiro atoms. The van der Waals surface area contributed by atoms with Crippen LogP contribution in [0.3, 0.4) is 0 Å². The number of phosphoric acid groups is 2. The lowest BCUT2D eigenvalue weighted by molar-refractivity contribution is -0.161. The van der Waals surface area contributed by atoms with E-state index in [0.29, 0.717) is 31.6 Å². The van der Waals surface area contributed by atoms with Crippen molar-refractivity contribution in [2.75, 3.05) is 39.6 Å². The predicted octanol–water partition coefficient (Wildman–Crippen LogP) is 18.4. The first-order chi connectivity index (χ1) is 40.9. The van der Waals surface area contributed by atoms with Gasteiger partial charge in [0.15, 0.2) is 12.2 Å². The lowest BCUT2D eigenvalue weighted by Gasteiger charge is -2.21. The number of aliphatic hydroxyl groups is 1. The Hall–Kier alpha value is -1.94. The van der Waals surface area contributed by atoms with Gasteiger partial charge in [-0.05, 0) is 37.5 Å². The van der Waals surface area contributed by atoms with Gasteiger partial charge in [0.05, 0.1) is 26.4 Å². The van der Waals surface area contributed by atoms with Crippen LogP contribution in [0.4, 0.5) is 0 Å². The second-order valence-electron chi connectivity index (χ2n) is 24.8. The molecule has 0 aliphatic carbocycles. The number of phosphoric ester groups is 2. The lowest BCUT2D eigenvalue weighted by atomic mass is 10.0. The van der Waals surface area contributed by atoms with E-state index < -0.39 is 97.5 Å². The molecule has 19 heteroatoms. The van der Waals surface area contributed by atoms with E-state index in [1.165, 1.54) is 148 Å². The van der Waals surface area contributed by atoms with Crippen LogP contribution < -0.4 is 0 Å². The van der Waals surface area contributed by atoms with Gasteiger partial charge in [0.2, 0.25) is 0 Å². The maximum absolute atomic E-state index is 13.0. The molecule has 0 aromatic carbocycles. The van der Waals surface area contributed by atoms with E-state index in [1.54, 1.807) is 0 Å². The normalized spacial score (nSPS) is 14.2. The van der Waals surface area contributed by atoms with Crippen LogP contribution in [-0.2, 0) is 65.4 Å². The number of hydrogen-bond acceptors (Lipinski definition) is 15. The molecule has 0 radical (unpaired) electrons. The molecule has 0 aliphatic rings. The molecule has 0 aromatic heterocycles. The first kappa shape index (κ1) is 83.1. The van der Waals surface area contributed by atoms with Crippen LogP contribution in [0.25, 0.3) is 0 Å². The predicted molar refractivity (Wildman–Crippen MR) is 340 cm³/mol. The minimum atomic E-state index is -4.95. The average molecular weight is 1260 g/mol. The fraction of sp³-hybridized carbons (Fsp3) is 0.939. The molecule has 0 amide bonds. The van der Waals surface area contributed by atoms with E-state index in [4.69, 9.17) is 37.0 Å². The van der Waals surface area contributed by atoms with Crippen LogP contribution in [0.2, 0.25) is 0 Å². The smallest absolute Gasteiger partial charge is 0.462 e. The van der Waals surface area contributed by atoms with Crippen molar-refractivity contribution in [3.05, 3.63) is 0 Å². The van der Waals surface area contributed by atoms with Gasteiger partial charge in [-0.25, -0.2) is 9.13 Å². The molecular formula is C66H128O17P2. The van der Waals surface area contributed by atoms with Crippen LogP contribution in [0.15, 0.2) is 0 Å². The highest BCUT2D eigenvalue weighted by atomic mass is 31.2. The highest BCUT2D eigenvalue weighted by Crippen LogP contribution is 2.45. The zero-order valence-corrected chi connectivity index (χ0v) is 56.7. The van der Waals surface area contributed by atoms with E-state index >= 15 is 0 Å². The molecule has 2 unspecified atom stereocenters. The average Bonchev–Trinajstić information content (AvgIpc) is 3.54. The Morgan fingerprint density at radius 3 is 0.800 bits per heavy atom. The zero-order chi connectivity index (χ0) is 62.9. The molecule has 0 aliphatic heterocycles. The number of unbranched alkanes of at least 4 members (excludes halogenated alkanes) is 35. The quantitative estimate of drug-likeness (QED) is 0.0222. The third-order valence-electron chi connectivity index (χ3n) is 15.2. The Labute approximate surface area is 517 Å². The summed E-state index contributed by atoms with van der Waals surface area (Å²) in [6.07, 6.45) is 41.8. The van der Waals surface area contributed by atoms with Crippen molar-refractivity contribution in [3.63, 3.8) is 0 Å². The van der Waals surface area contributed by atoms with Gasteiger partial charge >= 0.3 is 39.5 Å². The minimum Gasteiger partial charge on any atom is -0.462 e. The van der Waals surface area contributed by atoms with Crippen molar-refractivity contribution < 1.29 is 80.2 Å². The molecule has 85 heavy (non-hydrogen) atoms. The summed E-state index contributed by atoms with van der Waals surface area (Å²) in [5.41, 5.74) is 0. The minimum absolute atomic E-state index is 0.102. The number of hydrogen-bond donors (Lipinski definition) is 3. The summed E-state index contributed by atoms with van der Waals surface area (Å²) in [4.78, 5) is 72.2. The van der Waals surface area contributed by atoms with E-state index in [2.05, 4.69) is 41.5 Å². The molecule has 0 bridgehead atoms. The second-order valence-corrected chi connectivity index (χ2v) is 27.7. The molecule has 504 valence electrons. The van der Waals surface area contributed by atoms with Crippen molar-refractivity contribution in [3.8, 4) is 0 Å². The number of carbonyl (C=O) groups is 4. The molecule has 0 rings (SSSR count). The van der Waals surface area contributed by atoms with Crippen molar-refractivity contribution in [2.45, 2.75) is 349 Å². The summed E-state index contributed by atoms with van der Waals surface area (Å²) >= 11 is 0. The van der Waals surface area contributed by atoms with Crippen molar-refractivity contribution in [1.29, 1.82) is 0 Å². The van der Waals surface area contributed by atoms with Gasteiger partial charge in [-0.1, -0.05) is 279 Å². The van der Waals surface area contributed by atoms with E-state index in [1.807, 2.05) is 0 Å². The van der Waals surface area contributed by atoms with E-state index in [-0.39, 0.29) is 25.7 Å². The molecule has 0 saturated heterocycles. The van der Waals surface area contributed by atoms with Crippen molar-refractivity contribution >= 4 is 39.5 Å². The van der Waals surface area contributed by atoms with Gasteiger partial charge < -0.3 is 33.8 Å². The fourth-order valence-corrected chi connectivity index (χ4v) is 11.5. The second kappa shape index (κ2) is 58.4. The molecule has 17 nitrogen and oxygen atoms in total. The third-order valence-corrected chi connectivity index (χ3v) is 17.1. The lowest BCUT2D eigenvalue weighted by Crippen LogP contribution is -2.30. The SMILES string of the molecule is CCCCCCCCCCCCCCC(=O)OC[C@H](COP(=O)(O)OC[C@@H](O)COP(=O)(O)OC[C@@H](COC(=O)CCCCCCCCCCC)OC(=O)CCCCCCCCC(C)C)OC(=O)CCCCCCCCCCCCCCC(C)C. The number of aliphatic hydroxyl groups excluding tert-OH is 1. The van der Waals surface area contributed by atoms with Crippen LogP contribution in [0.5, 0.6) is 0 Å². The Bertz CT molecular complexity index is 1670. The van der Waals surface area contributed by atoms with Crippen molar-refractivity contribution in [1.82, 2.24) is 0 Å². The van der Waals surface area contributed by atoms with Crippen LogP contribution >= 0.6 is 15.6 Å². The van der Waals surface area contributed by atoms with Gasteiger partial charge in [-0.2, -0.15) is 0 Å². The maximum atomic E-state index is 13.0. The molecule has 0 heterocycles. The van der Waals surface area contributed by atoms with Crippen LogP contribution in [-0.4, -0.2) is 96.7 Å². The molecule has 0 aromatic rings. The Kier molecular flexibility index (Phi) is 57.1. The summed E-state index contributed by atoms with van der Waals surface area (Å²) in [7, 11) is -9.89. The zero-order valence-electron chi connectivity index (χ0n) is 54.9. The molecule has 5 atom stereocenters. The number of rotatable bonds is 65. The van der Waals surface area contributed by atoms with E-state index in [9.17, 15) is 43.2 Å². The molecule has 0 saturated carbocycles. The summed E-state index contributed by atoms with van der Waals surface area (Å²) in [5, 5.41) is 10.5. The third kappa shape index (κ3) is 60.7. The van der Waals surface area contributed by atoms with Crippen molar-refractivity contribution in [2.24, 2.45) is 11.8 Å². The van der Waals surface area contributed by atoms with Gasteiger partial charge in [-0.3, -0.25) is 37.3 Å². The van der Waals surface area contributed by atoms with Gasteiger partial charge in [-0.15, -0.1) is 0 Å². The van der Waals surface area contributed by atoms with Crippen LogP contribution in [0, 0.1) is 11.8 Å². The summed E-state index contributed by atoms with van der Waals surface area (Å²) in [5.74, 6) is -0.688. The highest BCUT2D eigenvalue weighted by Gasteiger charge is 2.30. The molecular weight excluding hydrogens is 1130 g/mol. The Balaban J connectivity index is 5.22. The topological polar surface area (TPSA) is 237 Å². The number of esters is 4. The monoisotopic (exact) mass is 1250 g/mol. The summed E-state index contributed by atoms with van der Waals surface area (Å²) < 4.78 is 68.0. The van der Waals surface area contributed by atoms with Gasteiger partial charge in [0.25, 0.3) is 0 Å². The first-order valence-corrected chi connectivity index (χ1v) is 37.5. The largest absolute Gasteiger partial charge is 0.472 e. The Morgan fingerprint density at radius 1 is 0.318 bits per heavy atom. The summed E-state index contributed by atoms with van der Waals surface area (Å²) in [6.45, 7) is 9.42. The first-order valence-electron chi connectivity index (χ1n) is 34.5. The standard InChI is InChI=1S/C66H128O17P2/c1-7-9-11-13-15-17-18-22-26-30-37-43-49-64(69)77-54-61(82-65(70)50-44-38-31-27-23-20-19-21-25-28-34-40-46-58(3)4)56-80-84(72,73)78-52-60(67)53-79-85(74,75)81-57-62(83-66(71)51-45-39-33-32-35-41-47-59(5)6)55-76-63(68)48-42-36-29-24-16-14-12-10-8-2/h58-62,67H,7-57H2,1-6H3,(H,72,73)(H,74,75)/t60-,61-,62-/m1/s1.